The minimum atomic E-state index is -4.78. The number of rotatable bonds is 4. The fourth-order valence-electron chi connectivity index (χ4n) is 2.58. The highest BCUT2D eigenvalue weighted by molar-refractivity contribution is 5.95. The number of carbonyl (C=O) groups is 1. The van der Waals surface area contributed by atoms with Crippen LogP contribution >= 0.6 is 0 Å². The van der Waals surface area contributed by atoms with Gasteiger partial charge in [-0.2, -0.15) is 0 Å². The van der Waals surface area contributed by atoms with Gasteiger partial charge in [0.2, 0.25) is 0 Å². The molecule has 1 aliphatic rings. The highest BCUT2D eigenvalue weighted by Crippen LogP contribution is 2.29. The Kier molecular flexibility index (Phi) is 4.41. The second-order valence-electron chi connectivity index (χ2n) is 5.22. The molecule has 1 fully saturated rings. The molecule has 0 radical (unpaired) electrons. The first kappa shape index (κ1) is 15.6. The van der Waals surface area contributed by atoms with Gasteiger partial charge in [-0.3, -0.25) is 4.79 Å². The maximum atomic E-state index is 12.2. The molecule has 0 saturated heterocycles. The van der Waals surface area contributed by atoms with Crippen LogP contribution in [0.25, 0.3) is 0 Å². The summed E-state index contributed by atoms with van der Waals surface area (Å²) in [5.74, 6) is -0.849. The molecule has 4 nitrogen and oxygen atoms in total. The number of benzene rings is 1. The number of amides is 1. The Morgan fingerprint density at radius 2 is 2.00 bits per heavy atom. The van der Waals surface area contributed by atoms with Gasteiger partial charge in [-0.05, 0) is 31.0 Å². The van der Waals surface area contributed by atoms with E-state index in [1.54, 1.807) is 0 Å². The van der Waals surface area contributed by atoms with Crippen LogP contribution in [0.15, 0.2) is 24.3 Å². The molecule has 1 amide bonds. The van der Waals surface area contributed by atoms with Crippen LogP contribution in [0, 0.1) is 0 Å². The van der Waals surface area contributed by atoms with Crippen LogP contribution in [0.4, 0.5) is 13.2 Å². The van der Waals surface area contributed by atoms with Crippen molar-refractivity contribution in [1.82, 2.24) is 5.32 Å². The third-order valence-electron chi connectivity index (χ3n) is 3.66. The van der Waals surface area contributed by atoms with Crippen molar-refractivity contribution >= 4 is 5.91 Å². The number of alkyl halides is 3. The lowest BCUT2D eigenvalue weighted by Gasteiger charge is -2.28. The molecule has 0 heterocycles. The van der Waals surface area contributed by atoms with Gasteiger partial charge in [-0.1, -0.05) is 18.9 Å². The highest BCUT2D eigenvalue weighted by Gasteiger charge is 2.34. The zero-order chi connectivity index (χ0) is 15.5. The molecule has 1 saturated carbocycles. The molecule has 0 unspecified atom stereocenters. The number of ether oxygens (including phenoxy) is 1. The van der Waals surface area contributed by atoms with Crippen molar-refractivity contribution in [2.75, 3.05) is 6.54 Å². The first-order valence-corrected chi connectivity index (χ1v) is 6.72. The first-order valence-electron chi connectivity index (χ1n) is 6.72. The fourth-order valence-corrected chi connectivity index (χ4v) is 2.58. The van der Waals surface area contributed by atoms with Crippen LogP contribution in [0.5, 0.6) is 5.75 Å². The number of nitrogens with two attached hydrogens (primary N) is 1. The van der Waals surface area contributed by atoms with E-state index in [-0.39, 0.29) is 5.56 Å². The summed E-state index contributed by atoms with van der Waals surface area (Å²) in [5, 5.41) is 2.85. The van der Waals surface area contributed by atoms with E-state index in [4.69, 9.17) is 5.73 Å². The number of carbonyl (C=O) groups excluding carboxylic acids is 1. The largest absolute Gasteiger partial charge is 0.573 e. The zero-order valence-electron chi connectivity index (χ0n) is 11.4. The Bertz CT molecular complexity index is 511. The molecule has 3 N–H and O–H groups in total. The molecule has 1 aromatic carbocycles. The summed E-state index contributed by atoms with van der Waals surface area (Å²) >= 11 is 0. The maximum Gasteiger partial charge on any atom is 0.573 e. The van der Waals surface area contributed by atoms with Crippen LogP contribution in [0.2, 0.25) is 0 Å². The summed E-state index contributed by atoms with van der Waals surface area (Å²) in [6.07, 6.45) is -1.25. The Labute approximate surface area is 120 Å². The van der Waals surface area contributed by atoms with E-state index in [9.17, 15) is 18.0 Å². The van der Waals surface area contributed by atoms with Crippen LogP contribution in [0.3, 0.4) is 0 Å². The molecular formula is C14H17F3N2O2. The topological polar surface area (TPSA) is 64.3 Å². The Hall–Kier alpha value is -1.76. The van der Waals surface area contributed by atoms with Crippen molar-refractivity contribution in [2.45, 2.75) is 37.6 Å². The minimum Gasteiger partial charge on any atom is -0.406 e. The lowest BCUT2D eigenvalue weighted by Crippen LogP contribution is -2.51. The highest BCUT2D eigenvalue weighted by atomic mass is 19.4. The molecule has 0 atom stereocenters. The van der Waals surface area contributed by atoms with Crippen LogP contribution in [-0.4, -0.2) is 24.4 Å². The van der Waals surface area contributed by atoms with Crippen molar-refractivity contribution < 1.29 is 22.7 Å². The normalized spacial score (nSPS) is 17.5. The van der Waals surface area contributed by atoms with Crippen molar-refractivity contribution in [3.05, 3.63) is 29.8 Å². The van der Waals surface area contributed by atoms with Gasteiger partial charge >= 0.3 is 6.36 Å². The van der Waals surface area contributed by atoms with E-state index in [0.717, 1.165) is 37.8 Å². The van der Waals surface area contributed by atoms with Gasteiger partial charge in [0.15, 0.2) is 0 Å². The Morgan fingerprint density at radius 3 is 2.57 bits per heavy atom. The van der Waals surface area contributed by atoms with E-state index in [1.165, 1.54) is 12.1 Å². The van der Waals surface area contributed by atoms with Crippen LogP contribution < -0.4 is 15.8 Å². The average Bonchev–Trinajstić information content (AvgIpc) is 2.86. The minimum absolute atomic E-state index is 0.122. The third kappa shape index (κ3) is 4.10. The van der Waals surface area contributed by atoms with Gasteiger partial charge in [-0.25, -0.2) is 0 Å². The maximum absolute atomic E-state index is 12.2. The molecule has 0 aliphatic heterocycles. The van der Waals surface area contributed by atoms with Gasteiger partial charge in [0.25, 0.3) is 5.91 Å². The molecule has 1 aromatic rings. The summed E-state index contributed by atoms with van der Waals surface area (Å²) in [4.78, 5) is 12.2. The van der Waals surface area contributed by atoms with Crippen molar-refractivity contribution in [3.63, 3.8) is 0 Å². The number of halogens is 3. The van der Waals surface area contributed by atoms with Crippen LogP contribution in [-0.2, 0) is 0 Å². The molecule has 0 bridgehead atoms. The summed E-state index contributed by atoms with van der Waals surface area (Å²) in [5.41, 5.74) is 5.40. The molecule has 0 aromatic heterocycles. The van der Waals surface area contributed by atoms with E-state index >= 15 is 0 Å². The van der Waals surface area contributed by atoms with Crippen molar-refractivity contribution in [3.8, 4) is 5.75 Å². The molecule has 1 aliphatic carbocycles. The van der Waals surface area contributed by atoms with Gasteiger partial charge in [0.1, 0.15) is 5.75 Å². The van der Waals surface area contributed by atoms with Crippen molar-refractivity contribution in [1.29, 1.82) is 0 Å². The molecule has 7 heteroatoms. The Morgan fingerprint density at radius 1 is 1.33 bits per heavy atom. The van der Waals surface area contributed by atoms with E-state index in [2.05, 4.69) is 10.1 Å². The smallest absolute Gasteiger partial charge is 0.406 e. The molecule has 21 heavy (non-hydrogen) atoms. The SMILES string of the molecule is NCC1(NC(=O)c2cccc(OC(F)(F)F)c2)CCCC1. The van der Waals surface area contributed by atoms with Crippen molar-refractivity contribution in [2.24, 2.45) is 5.73 Å². The van der Waals surface area contributed by atoms with Gasteiger partial charge in [-0.15, -0.1) is 13.2 Å². The number of hydrogen-bond donors (Lipinski definition) is 2. The summed E-state index contributed by atoms with van der Waals surface area (Å²) in [7, 11) is 0. The van der Waals surface area contributed by atoms with Crippen LogP contribution in [0.1, 0.15) is 36.0 Å². The van der Waals surface area contributed by atoms with Gasteiger partial charge in [0.05, 0.1) is 5.54 Å². The standard InChI is InChI=1S/C14H17F3N2O2/c15-14(16,17)21-11-5-3-4-10(8-11)12(20)19-13(9-18)6-1-2-7-13/h3-5,8H,1-2,6-7,9,18H2,(H,19,20). The lowest BCUT2D eigenvalue weighted by atomic mass is 9.97. The predicted octanol–water partition coefficient (Wildman–Crippen LogP) is 2.59. The number of nitrogens with one attached hydrogen (secondary N) is 1. The van der Waals surface area contributed by atoms with Gasteiger partial charge < -0.3 is 15.8 Å². The Balaban J connectivity index is 2.10. The van der Waals surface area contributed by atoms with E-state index < -0.39 is 23.6 Å². The molecular weight excluding hydrogens is 285 g/mol. The third-order valence-corrected chi connectivity index (χ3v) is 3.66. The van der Waals surface area contributed by atoms with E-state index in [0.29, 0.717) is 6.54 Å². The number of hydrogen-bond acceptors (Lipinski definition) is 3. The fraction of sp³-hybridized carbons (Fsp3) is 0.500. The summed E-state index contributed by atoms with van der Waals surface area (Å²) in [6.45, 7) is 0.317. The molecule has 0 spiro atoms. The predicted molar refractivity (Wildman–Crippen MR) is 70.8 cm³/mol. The summed E-state index contributed by atoms with van der Waals surface area (Å²) < 4.78 is 40.3. The van der Waals surface area contributed by atoms with E-state index in [1.807, 2.05) is 0 Å². The first-order chi connectivity index (χ1) is 9.84. The monoisotopic (exact) mass is 302 g/mol. The quantitative estimate of drug-likeness (QED) is 0.898. The van der Waals surface area contributed by atoms with Gasteiger partial charge in [0, 0.05) is 12.1 Å². The average molecular weight is 302 g/mol. The molecule has 2 rings (SSSR count). The second kappa shape index (κ2) is 5.93. The lowest BCUT2D eigenvalue weighted by molar-refractivity contribution is -0.274. The molecule has 116 valence electrons. The summed E-state index contributed by atoms with van der Waals surface area (Å²) in [6, 6.07) is 5.01. The zero-order valence-corrected chi connectivity index (χ0v) is 11.4. The second-order valence-corrected chi connectivity index (χ2v) is 5.22.